The Bertz CT molecular complexity index is 710. The molecule has 2 heteroatoms. The summed E-state index contributed by atoms with van der Waals surface area (Å²) >= 11 is 0. The summed E-state index contributed by atoms with van der Waals surface area (Å²) in [7, 11) is 0. The second kappa shape index (κ2) is 10.3. The molecular formula is C31H54OU. The predicted molar refractivity (Wildman–Crippen MR) is 139 cm³/mol. The summed E-state index contributed by atoms with van der Waals surface area (Å²) in [6.07, 6.45) is 15.6. The first-order chi connectivity index (χ1) is 14.4. The second-order valence-electron chi connectivity index (χ2n) is 13.9. The summed E-state index contributed by atoms with van der Waals surface area (Å²) in [6.45, 7) is 19.8. The van der Waals surface area contributed by atoms with E-state index in [2.05, 4.69) is 61.5 Å². The maximum atomic E-state index is 10.8. The maximum absolute atomic E-state index is 10.8. The van der Waals surface area contributed by atoms with E-state index >= 15 is 0 Å². The van der Waals surface area contributed by atoms with Gasteiger partial charge in [0.2, 0.25) is 0 Å². The molecule has 0 saturated heterocycles. The van der Waals surface area contributed by atoms with Gasteiger partial charge in [0.25, 0.3) is 0 Å². The molecule has 0 aromatic rings. The van der Waals surface area contributed by atoms with Gasteiger partial charge in [0.05, 0.1) is 6.10 Å². The van der Waals surface area contributed by atoms with E-state index in [1.807, 2.05) is 0 Å². The number of aliphatic hydroxyl groups excluding tert-OH is 1. The zero-order valence-corrected chi connectivity index (χ0v) is 27.6. The molecule has 4 rings (SSSR count). The van der Waals surface area contributed by atoms with Gasteiger partial charge < -0.3 is 18.5 Å². The van der Waals surface area contributed by atoms with Gasteiger partial charge in [-0.25, -0.2) is 0 Å². The average Bonchev–Trinajstić information content (AvgIpc) is 2.96. The zero-order valence-electron chi connectivity index (χ0n) is 23.5. The van der Waals surface area contributed by atoms with E-state index in [1.165, 1.54) is 57.8 Å². The molecule has 0 aromatic heterocycles. The van der Waals surface area contributed by atoms with Crippen molar-refractivity contribution in [1.82, 2.24) is 0 Å². The summed E-state index contributed by atoms with van der Waals surface area (Å²) in [5.74, 6) is 4.84. The van der Waals surface area contributed by atoms with Gasteiger partial charge in [-0.05, 0) is 84.9 Å². The van der Waals surface area contributed by atoms with Crippen LogP contribution >= 0.6 is 0 Å². The van der Waals surface area contributed by atoms with Crippen molar-refractivity contribution in [2.24, 2.45) is 45.3 Å². The first kappa shape index (κ1) is 30.0. The summed E-state index contributed by atoms with van der Waals surface area (Å²) in [4.78, 5) is 0. The van der Waals surface area contributed by atoms with Crippen molar-refractivity contribution in [2.45, 2.75) is 126 Å². The smallest absolute Gasteiger partial charge is 0.392 e. The van der Waals surface area contributed by atoms with Gasteiger partial charge in [-0.1, -0.05) is 66.0 Å². The molecular weight excluding hydrogens is 626 g/mol. The molecule has 0 aromatic carbocycles. The number of allylic oxidation sites excluding steroid dienone is 1. The summed E-state index contributed by atoms with van der Waals surface area (Å²) in [5.41, 5.74) is 2.94. The van der Waals surface area contributed by atoms with Crippen molar-refractivity contribution in [3.8, 4) is 0 Å². The molecule has 3 saturated carbocycles. The molecule has 0 heterocycles. The van der Waals surface area contributed by atoms with Crippen molar-refractivity contribution in [3.63, 3.8) is 0 Å². The molecule has 1 N–H and O–H groups in total. The number of hydrogen-bond donors (Lipinski definition) is 1. The SMILES string of the molecule is C[C-](C)CCC[C@@H](C)C1CC[C@@]2(C)C3CC=C4C(CC[C@H](O)C4(C)C)[C@]3(C)CC[C@]12C.[CH3-].[U+2]. The molecule has 0 bridgehead atoms. The van der Waals surface area contributed by atoms with E-state index in [1.54, 1.807) is 11.5 Å². The van der Waals surface area contributed by atoms with Crippen LogP contribution in [0.15, 0.2) is 11.6 Å². The van der Waals surface area contributed by atoms with E-state index < -0.39 is 0 Å². The maximum Gasteiger partial charge on any atom is 2.00 e. The van der Waals surface area contributed by atoms with Crippen molar-refractivity contribution < 1.29 is 36.2 Å². The molecule has 0 spiro atoms. The number of rotatable bonds is 5. The van der Waals surface area contributed by atoms with Crippen LogP contribution in [0, 0.1) is 89.8 Å². The normalized spacial score (nSPS) is 44.5. The molecule has 3 fully saturated rings. The van der Waals surface area contributed by atoms with E-state index in [0.29, 0.717) is 22.2 Å². The summed E-state index contributed by atoms with van der Waals surface area (Å²) in [5, 5.41) is 10.8. The number of hydrogen-bond acceptors (Lipinski definition) is 1. The minimum absolute atomic E-state index is 0. The quantitative estimate of drug-likeness (QED) is 0.227. The second-order valence-corrected chi connectivity index (χ2v) is 13.9. The van der Waals surface area contributed by atoms with Gasteiger partial charge in [0.15, 0.2) is 0 Å². The van der Waals surface area contributed by atoms with Crippen LogP contribution in [0.4, 0.5) is 0 Å². The Kier molecular flexibility index (Phi) is 9.31. The first-order valence-electron chi connectivity index (χ1n) is 13.6. The van der Waals surface area contributed by atoms with Crippen LogP contribution in [0.5, 0.6) is 0 Å². The van der Waals surface area contributed by atoms with Crippen LogP contribution < -0.4 is 0 Å². The topological polar surface area (TPSA) is 20.2 Å². The van der Waals surface area contributed by atoms with Crippen molar-refractivity contribution >= 4 is 0 Å². The summed E-state index contributed by atoms with van der Waals surface area (Å²) in [6, 6.07) is 0. The molecule has 33 heavy (non-hydrogen) atoms. The molecule has 0 radical (unpaired) electrons. The standard InChI is InChI=1S/C30H51O.CH3.U/c1-20(2)10-9-11-21(3)22-16-17-30(8)25-14-12-23-24(13-15-26(31)27(23,4)5)28(25,6)18-19-29(22,30)7;;/h12,21-22,24-26,31H,9-11,13-19H2,1-8H3;1H3;/q2*-1;+2/t21-,22?,24?,25?,26+,28+,29-,30+;;/m1../s1. The zero-order chi connectivity index (χ0) is 22.8. The van der Waals surface area contributed by atoms with Crippen LogP contribution in [0.3, 0.4) is 0 Å². The van der Waals surface area contributed by atoms with Crippen LogP contribution in [-0.2, 0) is 0 Å². The molecule has 4 aliphatic carbocycles. The molecule has 8 atom stereocenters. The van der Waals surface area contributed by atoms with Gasteiger partial charge in [-0.2, -0.15) is 20.3 Å². The van der Waals surface area contributed by atoms with Gasteiger partial charge in [-0.3, -0.25) is 0 Å². The number of fused-ring (bicyclic) bond motifs is 5. The largest absolute Gasteiger partial charge is 2.00 e. The first-order valence-corrected chi connectivity index (χ1v) is 13.6. The third kappa shape index (κ3) is 4.52. The Morgan fingerprint density at radius 1 is 1.00 bits per heavy atom. The fraction of sp³-hybridized carbons (Fsp3) is 0.871. The van der Waals surface area contributed by atoms with Crippen LogP contribution in [-0.4, -0.2) is 11.2 Å². The van der Waals surface area contributed by atoms with Crippen molar-refractivity contribution in [1.29, 1.82) is 0 Å². The van der Waals surface area contributed by atoms with Crippen LogP contribution in [0.25, 0.3) is 0 Å². The van der Waals surface area contributed by atoms with Gasteiger partial charge in [0.1, 0.15) is 0 Å². The van der Waals surface area contributed by atoms with Crippen LogP contribution in [0.1, 0.15) is 120 Å². The van der Waals surface area contributed by atoms with E-state index in [4.69, 9.17) is 0 Å². The fourth-order valence-corrected chi connectivity index (χ4v) is 9.61. The fourth-order valence-electron chi connectivity index (χ4n) is 9.61. The Morgan fingerprint density at radius 3 is 2.30 bits per heavy atom. The predicted octanol–water partition coefficient (Wildman–Crippen LogP) is 8.82. The molecule has 0 aliphatic heterocycles. The Morgan fingerprint density at radius 2 is 1.67 bits per heavy atom. The van der Waals surface area contributed by atoms with Gasteiger partial charge >= 0.3 is 31.1 Å². The Labute approximate surface area is 231 Å². The van der Waals surface area contributed by atoms with Gasteiger partial charge in [0, 0.05) is 5.41 Å². The van der Waals surface area contributed by atoms with E-state index in [9.17, 15) is 5.11 Å². The summed E-state index contributed by atoms with van der Waals surface area (Å²) < 4.78 is 0. The molecule has 0 amide bonds. The molecule has 1 nitrogen and oxygen atoms in total. The minimum Gasteiger partial charge on any atom is -0.392 e. The van der Waals surface area contributed by atoms with Gasteiger partial charge in [-0.15, -0.1) is 0 Å². The monoisotopic (exact) mass is 680 g/mol. The molecule has 188 valence electrons. The number of aliphatic hydroxyl groups is 1. The minimum atomic E-state index is -0.166. The van der Waals surface area contributed by atoms with Crippen molar-refractivity contribution in [3.05, 3.63) is 25.0 Å². The van der Waals surface area contributed by atoms with Crippen molar-refractivity contribution in [2.75, 3.05) is 0 Å². The molecule has 3 unspecified atom stereocenters. The Hall–Kier alpha value is 0.752. The third-order valence-corrected chi connectivity index (χ3v) is 11.9. The van der Waals surface area contributed by atoms with E-state index in [0.717, 1.165) is 24.2 Å². The van der Waals surface area contributed by atoms with E-state index in [-0.39, 0.29) is 50.1 Å². The Balaban J connectivity index is 0.00000193. The molecule has 4 aliphatic rings. The third-order valence-electron chi connectivity index (χ3n) is 11.9. The van der Waals surface area contributed by atoms with Crippen LogP contribution in [0.2, 0.25) is 0 Å². The average molecular weight is 681 g/mol.